The van der Waals surface area contributed by atoms with Crippen molar-refractivity contribution in [3.8, 4) is 5.75 Å². The molecule has 1 aliphatic rings. The minimum Gasteiger partial charge on any atom is -0.489 e. The third-order valence-electron chi connectivity index (χ3n) is 4.08. The smallest absolute Gasteiger partial charge is 0.405 e. The third-order valence-corrected chi connectivity index (χ3v) is 4.08. The summed E-state index contributed by atoms with van der Waals surface area (Å²) in [5.41, 5.74) is 0.997. The van der Waals surface area contributed by atoms with Crippen LogP contribution in [-0.2, 0) is 9.53 Å². The van der Waals surface area contributed by atoms with E-state index in [4.69, 9.17) is 9.47 Å². The van der Waals surface area contributed by atoms with Gasteiger partial charge in [0.05, 0.1) is 24.8 Å². The second-order valence-electron chi connectivity index (χ2n) is 6.10. The zero-order valence-electron chi connectivity index (χ0n) is 15.1. The SMILES string of the molecule is COCCNC(=O)c1ccc2c(c1)N(C)[C@H](CC(=O)NCC(F)(F)F)CO2. The third kappa shape index (κ3) is 6.02. The first-order chi connectivity index (χ1) is 12.7. The van der Waals surface area contributed by atoms with Crippen molar-refractivity contribution in [2.24, 2.45) is 0 Å². The first kappa shape index (κ1) is 20.8. The normalized spacial score (nSPS) is 16.3. The van der Waals surface area contributed by atoms with Crippen molar-refractivity contribution in [2.75, 3.05) is 45.4 Å². The summed E-state index contributed by atoms with van der Waals surface area (Å²) in [6, 6.07) is 4.44. The molecule has 0 unspecified atom stereocenters. The average Bonchev–Trinajstić information content (AvgIpc) is 2.62. The number of rotatable bonds is 7. The maximum Gasteiger partial charge on any atom is 0.405 e. The first-order valence-electron chi connectivity index (χ1n) is 8.31. The Hall–Kier alpha value is -2.49. The Morgan fingerprint density at radius 2 is 2.07 bits per heavy atom. The summed E-state index contributed by atoms with van der Waals surface area (Å²) in [5.74, 6) is -0.462. The van der Waals surface area contributed by atoms with Gasteiger partial charge in [-0.25, -0.2) is 0 Å². The highest BCUT2D eigenvalue weighted by Crippen LogP contribution is 2.34. The molecule has 2 rings (SSSR count). The fourth-order valence-corrected chi connectivity index (χ4v) is 2.60. The number of hydrogen-bond donors (Lipinski definition) is 2. The number of fused-ring (bicyclic) bond motifs is 1. The summed E-state index contributed by atoms with van der Waals surface area (Å²) in [6.45, 7) is -0.469. The number of halogens is 3. The lowest BCUT2D eigenvalue weighted by Gasteiger charge is -2.35. The number of carbonyl (C=O) groups is 2. The summed E-state index contributed by atoms with van der Waals surface area (Å²) in [7, 11) is 3.23. The maximum atomic E-state index is 12.2. The number of likely N-dealkylation sites (N-methyl/N-ethyl adjacent to an activating group) is 1. The van der Waals surface area contributed by atoms with Crippen molar-refractivity contribution in [2.45, 2.75) is 18.6 Å². The largest absolute Gasteiger partial charge is 0.489 e. The van der Waals surface area contributed by atoms with Gasteiger partial charge >= 0.3 is 6.18 Å². The zero-order valence-corrected chi connectivity index (χ0v) is 15.1. The number of ether oxygens (including phenoxy) is 2. The number of hydrogen-bond acceptors (Lipinski definition) is 5. The molecule has 0 saturated carbocycles. The molecule has 7 nitrogen and oxygen atoms in total. The second kappa shape index (κ2) is 8.94. The maximum absolute atomic E-state index is 12.2. The molecule has 10 heteroatoms. The number of nitrogens with one attached hydrogen (secondary N) is 2. The molecule has 1 aromatic carbocycles. The Kier molecular flexibility index (Phi) is 6.89. The van der Waals surface area contributed by atoms with E-state index >= 15 is 0 Å². The van der Waals surface area contributed by atoms with Crippen LogP contribution < -0.4 is 20.3 Å². The van der Waals surface area contributed by atoms with Crippen LogP contribution in [0.3, 0.4) is 0 Å². The zero-order chi connectivity index (χ0) is 20.0. The van der Waals surface area contributed by atoms with E-state index in [2.05, 4.69) is 5.32 Å². The van der Waals surface area contributed by atoms with Gasteiger partial charge in [0, 0.05) is 26.3 Å². The predicted octanol–water partition coefficient (Wildman–Crippen LogP) is 1.33. The highest BCUT2D eigenvalue weighted by molar-refractivity contribution is 5.95. The fourth-order valence-electron chi connectivity index (χ4n) is 2.60. The molecule has 0 bridgehead atoms. The van der Waals surface area contributed by atoms with E-state index in [0.717, 1.165) is 0 Å². The summed E-state index contributed by atoms with van der Waals surface area (Å²) < 4.78 is 47.1. The van der Waals surface area contributed by atoms with Crippen LogP contribution in [0, 0.1) is 0 Å². The van der Waals surface area contributed by atoms with Crippen LogP contribution >= 0.6 is 0 Å². The van der Waals surface area contributed by atoms with E-state index in [-0.39, 0.29) is 18.9 Å². The predicted molar refractivity (Wildman–Crippen MR) is 92.0 cm³/mol. The van der Waals surface area contributed by atoms with Crippen LogP contribution in [0.2, 0.25) is 0 Å². The van der Waals surface area contributed by atoms with E-state index in [1.807, 2.05) is 5.32 Å². The van der Waals surface area contributed by atoms with Gasteiger partial charge in [-0.05, 0) is 18.2 Å². The van der Waals surface area contributed by atoms with Gasteiger partial charge in [-0.2, -0.15) is 13.2 Å². The lowest BCUT2D eigenvalue weighted by atomic mass is 10.1. The van der Waals surface area contributed by atoms with Gasteiger partial charge in [0.1, 0.15) is 18.9 Å². The van der Waals surface area contributed by atoms with Crippen LogP contribution in [0.5, 0.6) is 5.75 Å². The standard InChI is InChI=1S/C17H22F3N3O4/c1-23-12(8-15(24)22-10-17(18,19)20)9-27-14-4-3-11(7-13(14)23)16(25)21-5-6-26-2/h3-4,7,12H,5-6,8-10H2,1-2H3,(H,21,25)(H,22,24)/t12-/m1/s1. The Labute approximate surface area is 154 Å². The average molecular weight is 389 g/mol. The van der Waals surface area contributed by atoms with E-state index in [1.54, 1.807) is 30.1 Å². The van der Waals surface area contributed by atoms with Crippen molar-refractivity contribution in [3.05, 3.63) is 23.8 Å². The lowest BCUT2D eigenvalue weighted by Crippen LogP contribution is -2.45. The highest BCUT2D eigenvalue weighted by Gasteiger charge is 2.30. The molecule has 1 aliphatic heterocycles. The van der Waals surface area contributed by atoms with Crippen molar-refractivity contribution in [3.63, 3.8) is 0 Å². The van der Waals surface area contributed by atoms with Crippen molar-refractivity contribution < 1.29 is 32.2 Å². The van der Waals surface area contributed by atoms with E-state index in [0.29, 0.717) is 30.2 Å². The molecule has 0 fully saturated rings. The van der Waals surface area contributed by atoms with Gasteiger partial charge in [-0.3, -0.25) is 9.59 Å². The topological polar surface area (TPSA) is 79.9 Å². The number of methoxy groups -OCH3 is 1. The van der Waals surface area contributed by atoms with Crippen molar-refractivity contribution >= 4 is 17.5 Å². The van der Waals surface area contributed by atoms with Gasteiger partial charge in [-0.1, -0.05) is 0 Å². The molecule has 1 heterocycles. The molecule has 2 amide bonds. The number of amides is 2. The fraction of sp³-hybridized carbons (Fsp3) is 0.529. The molecule has 1 aromatic rings. The van der Waals surface area contributed by atoms with Gasteiger partial charge < -0.3 is 25.0 Å². The van der Waals surface area contributed by atoms with Crippen LogP contribution in [0.4, 0.5) is 18.9 Å². The molecule has 1 atom stereocenters. The summed E-state index contributed by atoms with van der Waals surface area (Å²) >= 11 is 0. The second-order valence-corrected chi connectivity index (χ2v) is 6.10. The van der Waals surface area contributed by atoms with Crippen molar-refractivity contribution in [1.29, 1.82) is 0 Å². The number of anilines is 1. The molecule has 0 aliphatic carbocycles. The molecule has 0 spiro atoms. The molecule has 150 valence electrons. The molecule has 27 heavy (non-hydrogen) atoms. The molecular formula is C17H22F3N3O4. The molecular weight excluding hydrogens is 367 g/mol. The monoisotopic (exact) mass is 389 g/mol. The summed E-state index contributed by atoms with van der Waals surface area (Å²) in [6.07, 6.45) is -4.61. The summed E-state index contributed by atoms with van der Waals surface area (Å²) in [4.78, 5) is 25.7. The molecule has 0 radical (unpaired) electrons. The highest BCUT2D eigenvalue weighted by atomic mass is 19.4. The Balaban J connectivity index is 2.02. The lowest BCUT2D eigenvalue weighted by molar-refractivity contribution is -0.138. The quantitative estimate of drug-likeness (QED) is 0.688. The molecule has 2 N–H and O–H groups in total. The number of carbonyl (C=O) groups excluding carboxylic acids is 2. The van der Waals surface area contributed by atoms with E-state index in [9.17, 15) is 22.8 Å². The van der Waals surface area contributed by atoms with Crippen molar-refractivity contribution in [1.82, 2.24) is 10.6 Å². The minimum atomic E-state index is -4.46. The van der Waals surface area contributed by atoms with Gasteiger partial charge in [0.15, 0.2) is 0 Å². The number of benzene rings is 1. The number of nitrogens with zero attached hydrogens (tertiary/aromatic N) is 1. The van der Waals surface area contributed by atoms with Gasteiger partial charge in [0.2, 0.25) is 5.91 Å². The Bertz CT molecular complexity index is 682. The Morgan fingerprint density at radius 1 is 1.33 bits per heavy atom. The van der Waals surface area contributed by atoms with E-state index in [1.165, 1.54) is 7.11 Å². The van der Waals surface area contributed by atoms with Crippen LogP contribution in [0.1, 0.15) is 16.8 Å². The Morgan fingerprint density at radius 3 is 2.74 bits per heavy atom. The van der Waals surface area contributed by atoms with E-state index < -0.39 is 24.7 Å². The minimum absolute atomic E-state index is 0.155. The van der Waals surface area contributed by atoms with Gasteiger partial charge in [0.25, 0.3) is 5.91 Å². The number of alkyl halides is 3. The molecule has 0 saturated heterocycles. The first-order valence-corrected chi connectivity index (χ1v) is 8.31. The van der Waals surface area contributed by atoms with Crippen LogP contribution in [-0.4, -0.2) is 64.5 Å². The molecule has 0 aromatic heterocycles. The summed E-state index contributed by atoms with van der Waals surface area (Å²) in [5, 5.41) is 4.55. The van der Waals surface area contributed by atoms with Crippen LogP contribution in [0.25, 0.3) is 0 Å². The van der Waals surface area contributed by atoms with Gasteiger partial charge in [-0.15, -0.1) is 0 Å². The van der Waals surface area contributed by atoms with Crippen LogP contribution in [0.15, 0.2) is 18.2 Å².